The first-order chi connectivity index (χ1) is 13.6. The summed E-state index contributed by atoms with van der Waals surface area (Å²) >= 11 is 0. The van der Waals surface area contributed by atoms with Crippen LogP contribution in [0.5, 0.6) is 5.75 Å². The van der Waals surface area contributed by atoms with Gasteiger partial charge in [-0.25, -0.2) is 8.78 Å². The van der Waals surface area contributed by atoms with Crippen molar-refractivity contribution in [2.45, 2.75) is 19.0 Å². The summed E-state index contributed by atoms with van der Waals surface area (Å²) in [7, 11) is 1.61. The number of aliphatic hydroxyl groups is 1. The lowest BCUT2D eigenvalue weighted by Crippen LogP contribution is -2.41. The standard InChI is InChI=1S/C21H23F2N3O2/c1-28-19-6-4-16(5-7-19)20(8-10-27)25-21-3-2-9-24-26(21)14-15-11-17(22)13-18(23)12-15/h2-7,9,11-13,20,24-25,27H,8,10,14H2,1H3. The molecule has 2 aromatic rings. The van der Waals surface area contributed by atoms with E-state index in [2.05, 4.69) is 10.7 Å². The van der Waals surface area contributed by atoms with Crippen molar-refractivity contribution in [1.29, 1.82) is 0 Å². The van der Waals surface area contributed by atoms with Gasteiger partial charge >= 0.3 is 0 Å². The van der Waals surface area contributed by atoms with Crippen LogP contribution in [0, 0.1) is 11.6 Å². The van der Waals surface area contributed by atoms with E-state index in [4.69, 9.17) is 4.74 Å². The molecule has 1 aliphatic rings. The summed E-state index contributed by atoms with van der Waals surface area (Å²) in [6.45, 7) is 0.266. The Morgan fingerprint density at radius 1 is 1.14 bits per heavy atom. The van der Waals surface area contributed by atoms with Gasteiger partial charge in [-0.2, -0.15) is 0 Å². The number of hydrogen-bond donors (Lipinski definition) is 3. The summed E-state index contributed by atoms with van der Waals surface area (Å²) in [5, 5.41) is 14.6. The third kappa shape index (κ3) is 5.01. The summed E-state index contributed by atoms with van der Waals surface area (Å²) < 4.78 is 32.2. The molecule has 28 heavy (non-hydrogen) atoms. The smallest absolute Gasteiger partial charge is 0.126 e. The Kier molecular flexibility index (Phi) is 6.49. The molecule has 1 unspecified atom stereocenters. The van der Waals surface area contributed by atoms with Crippen LogP contribution in [0.1, 0.15) is 23.6 Å². The van der Waals surface area contributed by atoms with E-state index in [1.165, 1.54) is 12.1 Å². The van der Waals surface area contributed by atoms with E-state index in [0.29, 0.717) is 12.0 Å². The number of nitrogens with zero attached hydrogens (tertiary/aromatic N) is 1. The first-order valence-corrected chi connectivity index (χ1v) is 8.96. The molecule has 0 amide bonds. The molecule has 2 aromatic carbocycles. The second-order valence-electron chi connectivity index (χ2n) is 6.39. The fraction of sp³-hybridized carbons (Fsp3) is 0.238. The molecule has 0 radical (unpaired) electrons. The van der Waals surface area contributed by atoms with Gasteiger partial charge in [0.2, 0.25) is 0 Å². The van der Waals surface area contributed by atoms with E-state index in [0.717, 1.165) is 23.2 Å². The lowest BCUT2D eigenvalue weighted by molar-refractivity contribution is 0.227. The minimum atomic E-state index is -0.613. The van der Waals surface area contributed by atoms with E-state index in [9.17, 15) is 13.9 Å². The zero-order chi connectivity index (χ0) is 19.9. The van der Waals surface area contributed by atoms with Crippen molar-refractivity contribution in [2.75, 3.05) is 13.7 Å². The Morgan fingerprint density at radius 2 is 1.86 bits per heavy atom. The second kappa shape index (κ2) is 9.23. The highest BCUT2D eigenvalue weighted by Gasteiger charge is 2.18. The Morgan fingerprint density at radius 3 is 2.50 bits per heavy atom. The zero-order valence-corrected chi connectivity index (χ0v) is 15.5. The summed E-state index contributed by atoms with van der Waals surface area (Å²) in [5.74, 6) is 0.249. The van der Waals surface area contributed by atoms with Gasteiger partial charge in [-0.3, -0.25) is 5.01 Å². The molecule has 0 aromatic heterocycles. The molecule has 0 bridgehead atoms. The number of allylic oxidation sites excluding steroid dienone is 2. The minimum Gasteiger partial charge on any atom is -0.497 e. The van der Waals surface area contributed by atoms with Gasteiger partial charge in [-0.05, 0) is 54.0 Å². The fourth-order valence-corrected chi connectivity index (χ4v) is 3.04. The lowest BCUT2D eigenvalue weighted by atomic mass is 10.0. The lowest BCUT2D eigenvalue weighted by Gasteiger charge is -2.33. The average molecular weight is 387 g/mol. The summed E-state index contributed by atoms with van der Waals surface area (Å²) in [4.78, 5) is 0. The quantitative estimate of drug-likeness (QED) is 0.649. The molecule has 7 heteroatoms. The van der Waals surface area contributed by atoms with Crippen molar-refractivity contribution in [3.63, 3.8) is 0 Å². The summed E-state index contributed by atoms with van der Waals surface area (Å²) in [6, 6.07) is 10.9. The van der Waals surface area contributed by atoms with Crippen molar-refractivity contribution in [2.24, 2.45) is 0 Å². The van der Waals surface area contributed by atoms with Crippen LogP contribution in [0.15, 0.2) is 66.6 Å². The molecule has 0 aliphatic carbocycles. The monoisotopic (exact) mass is 387 g/mol. The van der Waals surface area contributed by atoms with Gasteiger partial charge in [0.25, 0.3) is 0 Å². The van der Waals surface area contributed by atoms with Crippen LogP contribution in [0.4, 0.5) is 8.78 Å². The predicted molar refractivity (Wildman–Crippen MR) is 103 cm³/mol. The van der Waals surface area contributed by atoms with Crippen LogP contribution in [0.3, 0.4) is 0 Å². The maximum Gasteiger partial charge on any atom is 0.126 e. The molecule has 3 rings (SSSR count). The molecule has 1 aliphatic heterocycles. The van der Waals surface area contributed by atoms with Gasteiger partial charge in [-0.1, -0.05) is 12.1 Å². The van der Waals surface area contributed by atoms with Gasteiger partial charge in [0.15, 0.2) is 0 Å². The SMILES string of the molecule is COc1ccc(C(CCO)NC2=CC=CNN2Cc2cc(F)cc(F)c2)cc1. The number of nitrogens with one attached hydrogen (secondary N) is 2. The van der Waals surface area contributed by atoms with Gasteiger partial charge in [0.1, 0.15) is 23.2 Å². The van der Waals surface area contributed by atoms with Crippen LogP contribution < -0.4 is 15.5 Å². The number of hydrogen-bond acceptors (Lipinski definition) is 5. The highest BCUT2D eigenvalue weighted by molar-refractivity contribution is 5.30. The van der Waals surface area contributed by atoms with Gasteiger partial charge in [-0.15, -0.1) is 0 Å². The highest BCUT2D eigenvalue weighted by atomic mass is 19.1. The molecule has 1 heterocycles. The van der Waals surface area contributed by atoms with Crippen LogP contribution in [-0.2, 0) is 6.54 Å². The van der Waals surface area contributed by atoms with Crippen molar-refractivity contribution in [3.05, 3.63) is 89.4 Å². The van der Waals surface area contributed by atoms with Crippen LogP contribution >= 0.6 is 0 Å². The normalized spacial score (nSPS) is 14.3. The number of methoxy groups -OCH3 is 1. The molecule has 0 saturated carbocycles. The van der Waals surface area contributed by atoms with Crippen LogP contribution in [0.2, 0.25) is 0 Å². The number of hydrazine groups is 1. The maximum atomic E-state index is 13.5. The zero-order valence-electron chi connectivity index (χ0n) is 15.5. The van der Waals surface area contributed by atoms with Crippen molar-refractivity contribution < 1.29 is 18.6 Å². The predicted octanol–water partition coefficient (Wildman–Crippen LogP) is 3.36. The summed E-state index contributed by atoms with van der Waals surface area (Å²) in [6.07, 6.45) is 5.92. The Labute approximate surface area is 162 Å². The Balaban J connectivity index is 1.77. The van der Waals surface area contributed by atoms with E-state index in [1.807, 2.05) is 36.4 Å². The fourth-order valence-electron chi connectivity index (χ4n) is 3.04. The molecule has 0 spiro atoms. The average Bonchev–Trinajstić information content (AvgIpc) is 2.68. The third-order valence-corrected chi connectivity index (χ3v) is 4.39. The molecule has 148 valence electrons. The molecule has 5 nitrogen and oxygen atoms in total. The largest absolute Gasteiger partial charge is 0.497 e. The molecular formula is C21H23F2N3O2. The number of ether oxygens (including phenoxy) is 1. The Hall–Kier alpha value is -3.06. The van der Waals surface area contributed by atoms with E-state index in [-0.39, 0.29) is 19.2 Å². The van der Waals surface area contributed by atoms with E-state index >= 15 is 0 Å². The second-order valence-corrected chi connectivity index (χ2v) is 6.39. The molecular weight excluding hydrogens is 364 g/mol. The maximum absolute atomic E-state index is 13.5. The first-order valence-electron chi connectivity index (χ1n) is 8.96. The summed E-state index contributed by atoms with van der Waals surface area (Å²) in [5.41, 5.74) is 4.55. The van der Waals surface area contributed by atoms with E-state index < -0.39 is 11.6 Å². The first kappa shape index (κ1) is 19.7. The van der Waals surface area contributed by atoms with Crippen molar-refractivity contribution in [1.82, 2.24) is 15.8 Å². The van der Waals surface area contributed by atoms with Gasteiger partial charge in [0.05, 0.1) is 19.7 Å². The van der Waals surface area contributed by atoms with Crippen LogP contribution in [0.25, 0.3) is 0 Å². The highest BCUT2D eigenvalue weighted by Crippen LogP contribution is 2.23. The van der Waals surface area contributed by atoms with Gasteiger partial charge in [0, 0.05) is 18.9 Å². The van der Waals surface area contributed by atoms with Crippen LogP contribution in [-0.4, -0.2) is 23.8 Å². The number of benzene rings is 2. The number of rotatable bonds is 8. The van der Waals surface area contributed by atoms with Gasteiger partial charge < -0.3 is 20.6 Å². The Bertz CT molecular complexity index is 833. The third-order valence-electron chi connectivity index (χ3n) is 4.39. The minimum absolute atomic E-state index is 0.00928. The van der Waals surface area contributed by atoms with Crippen molar-refractivity contribution in [3.8, 4) is 5.75 Å². The number of halogens is 2. The van der Waals surface area contributed by atoms with E-state index in [1.54, 1.807) is 18.3 Å². The topological polar surface area (TPSA) is 56.8 Å². The molecule has 1 atom stereocenters. The molecule has 0 saturated heterocycles. The molecule has 0 fully saturated rings. The number of aliphatic hydroxyl groups excluding tert-OH is 1. The molecule has 3 N–H and O–H groups in total. The van der Waals surface area contributed by atoms with Crippen molar-refractivity contribution >= 4 is 0 Å².